The number of hydrogen-bond acceptors (Lipinski definition) is 5. The second kappa shape index (κ2) is 10.4. The van der Waals surface area contributed by atoms with Gasteiger partial charge in [0.1, 0.15) is 12.4 Å². The number of amides is 1. The smallest absolute Gasteiger partial charge is 0.264 e. The van der Waals surface area contributed by atoms with Crippen molar-refractivity contribution in [1.82, 2.24) is 5.32 Å². The van der Waals surface area contributed by atoms with Crippen molar-refractivity contribution in [3.8, 4) is 11.5 Å². The molecule has 1 N–H and O–H groups in total. The number of carbonyl (C=O) groups excluding carboxylic acids is 1. The van der Waals surface area contributed by atoms with Crippen molar-refractivity contribution < 1.29 is 27.1 Å². The van der Waals surface area contributed by atoms with Gasteiger partial charge in [0.15, 0.2) is 11.5 Å². The first-order chi connectivity index (χ1) is 15.8. The number of methoxy groups -OCH3 is 2. The average molecular weight is 473 g/mol. The minimum Gasteiger partial charge on any atom is -0.493 e. The van der Waals surface area contributed by atoms with Crippen LogP contribution in [0.2, 0.25) is 0 Å². The van der Waals surface area contributed by atoms with Crippen LogP contribution in [0.1, 0.15) is 18.5 Å². The zero-order valence-electron chi connectivity index (χ0n) is 18.5. The Morgan fingerprint density at radius 2 is 1.61 bits per heavy atom. The molecule has 0 heterocycles. The van der Waals surface area contributed by atoms with Crippen LogP contribution in [0.3, 0.4) is 0 Å². The summed E-state index contributed by atoms with van der Waals surface area (Å²) in [6.45, 7) is 1.30. The average Bonchev–Trinajstić information content (AvgIpc) is 2.83. The second-order valence-electron chi connectivity index (χ2n) is 7.20. The van der Waals surface area contributed by atoms with Crippen LogP contribution >= 0.6 is 0 Å². The lowest BCUT2D eigenvalue weighted by Gasteiger charge is -2.25. The summed E-state index contributed by atoms with van der Waals surface area (Å²) < 4.78 is 51.9. The Morgan fingerprint density at radius 1 is 0.970 bits per heavy atom. The van der Waals surface area contributed by atoms with E-state index in [2.05, 4.69) is 5.32 Å². The molecule has 0 fully saturated rings. The molecule has 1 atom stereocenters. The normalized spacial score (nSPS) is 12.0. The fourth-order valence-corrected chi connectivity index (χ4v) is 4.71. The van der Waals surface area contributed by atoms with Crippen molar-refractivity contribution in [3.05, 3.63) is 84.2 Å². The van der Waals surface area contributed by atoms with Gasteiger partial charge in [-0.2, -0.15) is 0 Å². The number of benzene rings is 3. The summed E-state index contributed by atoms with van der Waals surface area (Å²) in [5.74, 6) is -0.455. The van der Waals surface area contributed by atoms with E-state index in [1.165, 1.54) is 44.6 Å². The number of ether oxygens (including phenoxy) is 2. The minimum atomic E-state index is -4.21. The van der Waals surface area contributed by atoms with Crippen molar-refractivity contribution >= 4 is 21.6 Å². The van der Waals surface area contributed by atoms with Crippen molar-refractivity contribution in [3.63, 3.8) is 0 Å². The van der Waals surface area contributed by atoms with Gasteiger partial charge in [-0.3, -0.25) is 9.10 Å². The van der Waals surface area contributed by atoms with Crippen LogP contribution < -0.4 is 19.1 Å². The lowest BCUT2D eigenvalue weighted by atomic mass is 10.1. The molecule has 33 heavy (non-hydrogen) atoms. The van der Waals surface area contributed by atoms with E-state index in [0.717, 1.165) is 22.0 Å². The molecule has 0 radical (unpaired) electrons. The van der Waals surface area contributed by atoms with E-state index in [0.29, 0.717) is 5.75 Å². The number of rotatable bonds is 9. The fourth-order valence-electron chi connectivity index (χ4n) is 3.27. The van der Waals surface area contributed by atoms with Gasteiger partial charge in [0.05, 0.1) is 30.8 Å². The van der Waals surface area contributed by atoms with Gasteiger partial charge < -0.3 is 14.8 Å². The molecule has 9 heteroatoms. The number of nitrogens with zero attached hydrogens (tertiary/aromatic N) is 1. The third-order valence-corrected chi connectivity index (χ3v) is 6.79. The van der Waals surface area contributed by atoms with Crippen molar-refractivity contribution in [2.24, 2.45) is 0 Å². The van der Waals surface area contributed by atoms with E-state index in [4.69, 9.17) is 9.47 Å². The first-order valence-corrected chi connectivity index (χ1v) is 11.5. The fraction of sp³-hybridized carbons (Fsp3) is 0.208. The Balaban J connectivity index is 1.94. The molecular weight excluding hydrogens is 447 g/mol. The third kappa shape index (κ3) is 5.61. The Labute approximate surface area is 192 Å². The SMILES string of the molecule is COc1ccc(S(=O)(=O)N(CC(=O)N[C@@H](C)c2ccccc2)c2ccc(F)cc2)cc1OC. The molecule has 3 aromatic rings. The predicted molar refractivity (Wildman–Crippen MR) is 123 cm³/mol. The highest BCUT2D eigenvalue weighted by Crippen LogP contribution is 2.32. The van der Waals surface area contributed by atoms with E-state index in [1.54, 1.807) is 6.92 Å². The highest BCUT2D eigenvalue weighted by molar-refractivity contribution is 7.92. The lowest BCUT2D eigenvalue weighted by molar-refractivity contribution is -0.120. The van der Waals surface area contributed by atoms with E-state index in [1.807, 2.05) is 30.3 Å². The number of halogens is 1. The molecule has 0 aliphatic rings. The molecule has 0 saturated heterocycles. The molecule has 0 aliphatic heterocycles. The Kier molecular flexibility index (Phi) is 7.55. The summed E-state index contributed by atoms with van der Waals surface area (Å²) in [5.41, 5.74) is 1.02. The summed E-state index contributed by atoms with van der Waals surface area (Å²) in [6, 6.07) is 18.0. The van der Waals surface area contributed by atoms with Crippen LogP contribution in [-0.4, -0.2) is 35.1 Å². The molecule has 3 rings (SSSR count). The largest absolute Gasteiger partial charge is 0.493 e. The highest BCUT2D eigenvalue weighted by atomic mass is 32.2. The number of nitrogens with one attached hydrogen (secondary N) is 1. The summed E-state index contributed by atoms with van der Waals surface area (Å²) in [6.07, 6.45) is 0. The van der Waals surface area contributed by atoms with Gasteiger partial charge in [-0.1, -0.05) is 30.3 Å². The van der Waals surface area contributed by atoms with E-state index in [-0.39, 0.29) is 22.4 Å². The van der Waals surface area contributed by atoms with Gasteiger partial charge >= 0.3 is 0 Å². The summed E-state index contributed by atoms with van der Waals surface area (Å²) in [5, 5.41) is 2.81. The van der Waals surface area contributed by atoms with E-state index >= 15 is 0 Å². The quantitative estimate of drug-likeness (QED) is 0.510. The maximum absolute atomic E-state index is 13.5. The van der Waals surface area contributed by atoms with Gasteiger partial charge in [0.25, 0.3) is 10.0 Å². The maximum atomic E-state index is 13.5. The highest BCUT2D eigenvalue weighted by Gasteiger charge is 2.29. The van der Waals surface area contributed by atoms with Crippen molar-refractivity contribution in [1.29, 1.82) is 0 Å². The Bertz CT molecular complexity index is 1200. The molecular formula is C24H25FN2O5S. The van der Waals surface area contributed by atoms with E-state index < -0.39 is 28.3 Å². The van der Waals surface area contributed by atoms with Crippen LogP contribution in [0.5, 0.6) is 11.5 Å². The molecule has 0 bridgehead atoms. The van der Waals surface area contributed by atoms with Gasteiger partial charge in [-0.15, -0.1) is 0 Å². The minimum absolute atomic E-state index is 0.103. The number of carbonyl (C=O) groups is 1. The molecule has 7 nitrogen and oxygen atoms in total. The van der Waals surface area contributed by atoms with Crippen LogP contribution in [0.4, 0.5) is 10.1 Å². The number of sulfonamides is 1. The standard InChI is InChI=1S/C24H25FN2O5S/c1-17(18-7-5-4-6-8-18)26-24(28)16-27(20-11-9-19(25)10-12-20)33(29,30)21-13-14-22(31-2)23(15-21)32-3/h4-15,17H,16H2,1-3H3,(H,26,28)/t17-/m0/s1. The first kappa shape index (κ1) is 24.1. The van der Waals surface area contributed by atoms with Crippen LogP contribution in [0.25, 0.3) is 0 Å². The summed E-state index contributed by atoms with van der Waals surface area (Å²) in [4.78, 5) is 12.7. The third-order valence-electron chi connectivity index (χ3n) is 5.02. The van der Waals surface area contributed by atoms with Gasteiger partial charge in [0, 0.05) is 6.07 Å². The van der Waals surface area contributed by atoms with Crippen molar-refractivity contribution in [2.75, 3.05) is 25.1 Å². The predicted octanol–water partition coefficient (Wildman–Crippen LogP) is 3.92. The van der Waals surface area contributed by atoms with Crippen molar-refractivity contribution in [2.45, 2.75) is 17.9 Å². The summed E-state index contributed by atoms with van der Waals surface area (Å²) in [7, 11) is -1.37. The Morgan fingerprint density at radius 3 is 2.21 bits per heavy atom. The molecule has 0 saturated carbocycles. The number of anilines is 1. The zero-order chi connectivity index (χ0) is 24.0. The second-order valence-corrected chi connectivity index (χ2v) is 9.07. The molecule has 174 valence electrons. The molecule has 0 aliphatic carbocycles. The summed E-state index contributed by atoms with van der Waals surface area (Å²) >= 11 is 0. The monoisotopic (exact) mass is 472 g/mol. The maximum Gasteiger partial charge on any atom is 0.264 e. The van der Waals surface area contributed by atoms with Crippen LogP contribution in [-0.2, 0) is 14.8 Å². The lowest BCUT2D eigenvalue weighted by Crippen LogP contribution is -2.41. The molecule has 0 spiro atoms. The topological polar surface area (TPSA) is 84.9 Å². The molecule has 0 unspecified atom stereocenters. The van der Waals surface area contributed by atoms with Crippen LogP contribution in [0.15, 0.2) is 77.7 Å². The molecule has 0 aromatic heterocycles. The number of hydrogen-bond donors (Lipinski definition) is 1. The Hall–Kier alpha value is -3.59. The van der Waals surface area contributed by atoms with Gasteiger partial charge in [-0.05, 0) is 48.9 Å². The molecule has 3 aromatic carbocycles. The molecule has 1 amide bonds. The van der Waals surface area contributed by atoms with Gasteiger partial charge in [0.2, 0.25) is 5.91 Å². The van der Waals surface area contributed by atoms with Crippen LogP contribution in [0, 0.1) is 5.82 Å². The van der Waals surface area contributed by atoms with Gasteiger partial charge in [-0.25, -0.2) is 12.8 Å². The zero-order valence-corrected chi connectivity index (χ0v) is 19.3. The van der Waals surface area contributed by atoms with E-state index in [9.17, 15) is 17.6 Å². The first-order valence-electron chi connectivity index (χ1n) is 10.1.